The molecule has 21 heavy (non-hydrogen) atoms. The maximum Gasteiger partial charge on any atom is 0.311 e. The molecule has 1 aromatic carbocycles. The number of aromatic amines is 1. The first-order valence-electron chi connectivity index (χ1n) is 7.19. The highest BCUT2D eigenvalue weighted by Crippen LogP contribution is 2.16. The highest BCUT2D eigenvalue weighted by atomic mass is 16.5. The van der Waals surface area contributed by atoms with E-state index in [2.05, 4.69) is 11.9 Å². The van der Waals surface area contributed by atoms with Gasteiger partial charge in [-0.05, 0) is 42.8 Å². The summed E-state index contributed by atoms with van der Waals surface area (Å²) in [4.78, 5) is 26.6. The van der Waals surface area contributed by atoms with Crippen LogP contribution in [0.2, 0.25) is 0 Å². The first-order chi connectivity index (χ1) is 10.2. The molecule has 0 unspecified atom stereocenters. The predicted molar refractivity (Wildman–Crippen MR) is 80.4 cm³/mol. The lowest BCUT2D eigenvalue weighted by Gasteiger charge is -2.05. The number of unbranched alkanes of at least 4 members (excludes halogenated alkanes) is 2. The third-order valence-electron chi connectivity index (χ3n) is 3.18. The molecule has 0 aliphatic heterocycles. The lowest BCUT2D eigenvalue weighted by molar-refractivity contribution is -0.134. The van der Waals surface area contributed by atoms with Crippen molar-refractivity contribution in [3.63, 3.8) is 0 Å². The Hall–Kier alpha value is -2.36. The van der Waals surface area contributed by atoms with Gasteiger partial charge in [0.25, 0.3) is 0 Å². The minimum atomic E-state index is -0.230. The summed E-state index contributed by atoms with van der Waals surface area (Å²) in [5.74, 6) is 0.159. The standard InChI is InChI=1S/C17H19NO3/c1-2-3-4-7-16(19)21-14-10-8-13(9-11-14)17(20)15-6-5-12-18-15/h5-6,8-12,18H,2-4,7H2,1H3. The van der Waals surface area contributed by atoms with Crippen molar-refractivity contribution < 1.29 is 14.3 Å². The molecule has 4 heteroatoms. The molecule has 2 aromatic rings. The van der Waals surface area contributed by atoms with Gasteiger partial charge < -0.3 is 9.72 Å². The molecule has 0 aliphatic carbocycles. The van der Waals surface area contributed by atoms with E-state index in [1.807, 2.05) is 0 Å². The summed E-state index contributed by atoms with van der Waals surface area (Å²) in [6, 6.07) is 10.1. The zero-order valence-corrected chi connectivity index (χ0v) is 12.1. The van der Waals surface area contributed by atoms with E-state index >= 15 is 0 Å². The van der Waals surface area contributed by atoms with E-state index in [9.17, 15) is 9.59 Å². The predicted octanol–water partition coefficient (Wildman–Crippen LogP) is 3.73. The van der Waals surface area contributed by atoms with Gasteiger partial charge in [0.15, 0.2) is 0 Å². The van der Waals surface area contributed by atoms with E-state index in [1.165, 1.54) is 0 Å². The molecule has 0 aliphatic rings. The van der Waals surface area contributed by atoms with Crippen molar-refractivity contribution in [1.29, 1.82) is 0 Å². The summed E-state index contributed by atoms with van der Waals surface area (Å²) in [5, 5.41) is 0. The molecule has 2 rings (SSSR count). The maximum atomic E-state index is 12.1. The average Bonchev–Trinajstić information content (AvgIpc) is 3.02. The van der Waals surface area contributed by atoms with Crippen LogP contribution in [-0.2, 0) is 4.79 Å². The zero-order chi connectivity index (χ0) is 15.1. The van der Waals surface area contributed by atoms with Crippen LogP contribution in [0.25, 0.3) is 0 Å². The topological polar surface area (TPSA) is 59.2 Å². The number of aromatic nitrogens is 1. The van der Waals surface area contributed by atoms with Crippen molar-refractivity contribution in [2.45, 2.75) is 32.6 Å². The summed E-state index contributed by atoms with van der Waals surface area (Å²) < 4.78 is 5.23. The molecule has 0 saturated heterocycles. The molecule has 1 N–H and O–H groups in total. The molecule has 0 fully saturated rings. The molecular formula is C17H19NO3. The number of esters is 1. The monoisotopic (exact) mass is 285 g/mol. The number of rotatable bonds is 7. The van der Waals surface area contributed by atoms with E-state index < -0.39 is 0 Å². The Morgan fingerprint density at radius 1 is 1.10 bits per heavy atom. The van der Waals surface area contributed by atoms with Crippen LogP contribution >= 0.6 is 0 Å². The molecule has 110 valence electrons. The van der Waals surface area contributed by atoms with Gasteiger partial charge in [-0.1, -0.05) is 19.8 Å². The van der Waals surface area contributed by atoms with Crippen LogP contribution in [0.1, 0.15) is 48.7 Å². The van der Waals surface area contributed by atoms with Crippen molar-refractivity contribution in [2.75, 3.05) is 0 Å². The van der Waals surface area contributed by atoms with Gasteiger partial charge in [-0.15, -0.1) is 0 Å². The molecule has 0 amide bonds. The van der Waals surface area contributed by atoms with Crippen LogP contribution in [-0.4, -0.2) is 16.7 Å². The van der Waals surface area contributed by atoms with Crippen LogP contribution in [0.3, 0.4) is 0 Å². The average molecular weight is 285 g/mol. The van der Waals surface area contributed by atoms with Gasteiger partial charge in [-0.2, -0.15) is 0 Å². The van der Waals surface area contributed by atoms with E-state index in [4.69, 9.17) is 4.74 Å². The minimum Gasteiger partial charge on any atom is -0.427 e. The highest BCUT2D eigenvalue weighted by Gasteiger charge is 2.10. The van der Waals surface area contributed by atoms with Gasteiger partial charge in [-0.3, -0.25) is 9.59 Å². The smallest absolute Gasteiger partial charge is 0.311 e. The Bertz CT molecular complexity index is 585. The van der Waals surface area contributed by atoms with Gasteiger partial charge in [0.2, 0.25) is 5.78 Å². The number of carbonyl (C=O) groups excluding carboxylic acids is 2. The third-order valence-corrected chi connectivity index (χ3v) is 3.18. The van der Waals surface area contributed by atoms with Crippen LogP contribution in [0.15, 0.2) is 42.6 Å². The van der Waals surface area contributed by atoms with Crippen molar-refractivity contribution in [2.24, 2.45) is 0 Å². The van der Waals surface area contributed by atoms with Crippen molar-refractivity contribution in [1.82, 2.24) is 4.98 Å². The van der Waals surface area contributed by atoms with Crippen molar-refractivity contribution in [3.8, 4) is 5.75 Å². The molecule has 1 heterocycles. The SMILES string of the molecule is CCCCCC(=O)Oc1ccc(C(=O)c2ccc[nH]2)cc1. The quantitative estimate of drug-likeness (QED) is 0.365. The van der Waals surface area contributed by atoms with E-state index in [0.29, 0.717) is 23.4 Å². The molecule has 0 bridgehead atoms. The Labute approximate surface area is 124 Å². The van der Waals surface area contributed by atoms with E-state index in [-0.39, 0.29) is 11.8 Å². The largest absolute Gasteiger partial charge is 0.427 e. The van der Waals surface area contributed by atoms with Gasteiger partial charge in [-0.25, -0.2) is 0 Å². The second kappa shape index (κ2) is 7.43. The minimum absolute atomic E-state index is 0.0826. The molecule has 0 saturated carbocycles. The fourth-order valence-electron chi connectivity index (χ4n) is 2.00. The summed E-state index contributed by atoms with van der Waals surface area (Å²) >= 11 is 0. The lowest BCUT2D eigenvalue weighted by atomic mass is 10.1. The van der Waals surface area contributed by atoms with E-state index in [0.717, 1.165) is 19.3 Å². The van der Waals surface area contributed by atoms with Crippen LogP contribution in [0.4, 0.5) is 0 Å². The van der Waals surface area contributed by atoms with Gasteiger partial charge in [0.05, 0.1) is 5.69 Å². The highest BCUT2D eigenvalue weighted by molar-refractivity contribution is 6.07. The zero-order valence-electron chi connectivity index (χ0n) is 12.1. The summed E-state index contributed by atoms with van der Waals surface area (Å²) in [5.41, 5.74) is 1.10. The molecule has 1 aromatic heterocycles. The first kappa shape index (κ1) is 15.0. The number of nitrogens with one attached hydrogen (secondary N) is 1. The van der Waals surface area contributed by atoms with Gasteiger partial charge in [0.1, 0.15) is 5.75 Å². The number of hydrogen-bond acceptors (Lipinski definition) is 3. The van der Waals surface area contributed by atoms with Crippen LogP contribution < -0.4 is 4.74 Å². The summed E-state index contributed by atoms with van der Waals surface area (Å²) in [6.07, 6.45) is 5.08. The molecule has 0 spiro atoms. The Morgan fingerprint density at radius 2 is 1.86 bits per heavy atom. The molecule has 4 nitrogen and oxygen atoms in total. The third kappa shape index (κ3) is 4.31. The maximum absolute atomic E-state index is 12.1. The normalized spacial score (nSPS) is 10.3. The second-order valence-electron chi connectivity index (χ2n) is 4.87. The van der Waals surface area contributed by atoms with Crippen molar-refractivity contribution >= 4 is 11.8 Å². The fourth-order valence-corrected chi connectivity index (χ4v) is 2.00. The number of benzene rings is 1. The Kier molecular flexibility index (Phi) is 5.32. The number of ether oxygens (including phenoxy) is 1. The molecule has 0 radical (unpaired) electrons. The number of ketones is 1. The van der Waals surface area contributed by atoms with Crippen LogP contribution in [0, 0.1) is 0 Å². The lowest BCUT2D eigenvalue weighted by Crippen LogP contribution is -2.08. The van der Waals surface area contributed by atoms with Gasteiger partial charge >= 0.3 is 5.97 Å². The van der Waals surface area contributed by atoms with Crippen LogP contribution in [0.5, 0.6) is 5.75 Å². The second-order valence-corrected chi connectivity index (χ2v) is 4.87. The van der Waals surface area contributed by atoms with Crippen molar-refractivity contribution in [3.05, 3.63) is 53.9 Å². The molecular weight excluding hydrogens is 266 g/mol. The Balaban J connectivity index is 1.93. The number of carbonyl (C=O) groups is 2. The fraction of sp³-hybridized carbons (Fsp3) is 0.294. The van der Waals surface area contributed by atoms with E-state index in [1.54, 1.807) is 42.6 Å². The first-order valence-corrected chi connectivity index (χ1v) is 7.19. The molecule has 0 atom stereocenters. The van der Waals surface area contributed by atoms with Gasteiger partial charge in [0, 0.05) is 18.2 Å². The number of H-pyrrole nitrogens is 1. The Morgan fingerprint density at radius 3 is 2.48 bits per heavy atom. The number of hydrogen-bond donors (Lipinski definition) is 1. The summed E-state index contributed by atoms with van der Waals surface area (Å²) in [7, 11) is 0. The summed E-state index contributed by atoms with van der Waals surface area (Å²) in [6.45, 7) is 2.09.